The quantitative estimate of drug-likeness (QED) is 0.203. The Morgan fingerprint density at radius 1 is 0.911 bits per heavy atom. The lowest BCUT2D eigenvalue weighted by Crippen LogP contribution is -2.40. The van der Waals surface area contributed by atoms with Crippen molar-refractivity contribution in [2.75, 3.05) is 40.1 Å². The van der Waals surface area contributed by atoms with Crippen LogP contribution in [0.5, 0.6) is 17.2 Å². The van der Waals surface area contributed by atoms with Gasteiger partial charge in [-0.1, -0.05) is 29.5 Å². The number of methoxy groups -OCH3 is 1. The van der Waals surface area contributed by atoms with Gasteiger partial charge in [-0.15, -0.1) is 0 Å². The number of hydrogen-bond acceptors (Lipinski definition) is 12. The van der Waals surface area contributed by atoms with Crippen molar-refractivity contribution in [1.82, 2.24) is 4.57 Å². The number of carbonyl (C=O) groups excluding carboxylic acids is 3. The summed E-state index contributed by atoms with van der Waals surface area (Å²) in [6, 6.07) is 11.0. The van der Waals surface area contributed by atoms with Gasteiger partial charge in [0.25, 0.3) is 5.56 Å². The molecule has 0 unspecified atom stereocenters. The standard InChI is InChI=1S/C32H34N2O10S/c1-6-40-24-16-21(12-13-23(24)44-17-26(35)39-5)29-28(31(38)42-8-3)19(4)33-32-34(29)30(37)25(45-32)15-20-10-9-11-22(14-20)43-18-27(36)41-7-2/h9-16,29H,6-8,17-18H2,1-5H3/b25-15+/t29-/m1/s1. The summed E-state index contributed by atoms with van der Waals surface area (Å²) >= 11 is 1.17. The third kappa shape index (κ3) is 7.79. The van der Waals surface area contributed by atoms with Crippen molar-refractivity contribution in [2.24, 2.45) is 4.99 Å². The van der Waals surface area contributed by atoms with E-state index in [0.717, 1.165) is 0 Å². The molecule has 0 N–H and O–H groups in total. The third-order valence-corrected chi connectivity index (χ3v) is 7.47. The van der Waals surface area contributed by atoms with E-state index in [1.807, 2.05) is 0 Å². The number of rotatable bonds is 13. The molecule has 1 aliphatic heterocycles. The smallest absolute Gasteiger partial charge is 0.344 e. The fraction of sp³-hybridized carbons (Fsp3) is 0.344. The van der Waals surface area contributed by atoms with Crippen LogP contribution >= 0.6 is 11.3 Å². The van der Waals surface area contributed by atoms with Crippen LogP contribution in [0.2, 0.25) is 0 Å². The second kappa shape index (κ2) is 15.2. The summed E-state index contributed by atoms with van der Waals surface area (Å²) in [4.78, 5) is 55.7. The topological polar surface area (TPSA) is 141 Å². The zero-order valence-corrected chi connectivity index (χ0v) is 26.4. The Balaban J connectivity index is 1.81. The molecular formula is C32H34N2O10S. The van der Waals surface area contributed by atoms with E-state index in [9.17, 15) is 19.2 Å². The summed E-state index contributed by atoms with van der Waals surface area (Å²) in [7, 11) is 1.26. The summed E-state index contributed by atoms with van der Waals surface area (Å²) in [5.74, 6) is -0.609. The molecule has 0 amide bonds. The van der Waals surface area contributed by atoms with Crippen molar-refractivity contribution in [3.63, 3.8) is 0 Å². The van der Waals surface area contributed by atoms with Gasteiger partial charge in [0, 0.05) is 0 Å². The maximum absolute atomic E-state index is 14.0. The molecule has 2 heterocycles. The summed E-state index contributed by atoms with van der Waals surface area (Å²) in [5, 5.41) is 0. The predicted molar refractivity (Wildman–Crippen MR) is 164 cm³/mol. The highest BCUT2D eigenvalue weighted by atomic mass is 32.1. The Labute approximate surface area is 263 Å². The van der Waals surface area contributed by atoms with Crippen LogP contribution in [0.15, 0.2) is 63.5 Å². The average molecular weight is 639 g/mol. The first-order chi connectivity index (χ1) is 21.7. The van der Waals surface area contributed by atoms with Gasteiger partial charge in [0.05, 0.1) is 48.8 Å². The molecule has 45 heavy (non-hydrogen) atoms. The first kappa shape index (κ1) is 33.0. The van der Waals surface area contributed by atoms with Crippen LogP contribution in [0, 0.1) is 0 Å². The van der Waals surface area contributed by atoms with E-state index in [1.54, 1.807) is 76.2 Å². The Morgan fingerprint density at radius 2 is 1.67 bits per heavy atom. The summed E-state index contributed by atoms with van der Waals surface area (Å²) in [5.41, 5.74) is 1.44. The van der Waals surface area contributed by atoms with Crippen LogP contribution in [0.1, 0.15) is 44.9 Å². The fourth-order valence-electron chi connectivity index (χ4n) is 4.58. The molecule has 0 saturated carbocycles. The van der Waals surface area contributed by atoms with Gasteiger partial charge >= 0.3 is 17.9 Å². The zero-order chi connectivity index (χ0) is 32.5. The van der Waals surface area contributed by atoms with Crippen LogP contribution in [0.3, 0.4) is 0 Å². The lowest BCUT2D eigenvalue weighted by atomic mass is 9.95. The first-order valence-corrected chi connectivity index (χ1v) is 15.1. The van der Waals surface area contributed by atoms with Gasteiger partial charge in [0.1, 0.15) is 5.75 Å². The number of esters is 3. The first-order valence-electron chi connectivity index (χ1n) is 14.2. The van der Waals surface area contributed by atoms with Gasteiger partial charge in [0.2, 0.25) is 0 Å². The molecule has 238 valence electrons. The number of aromatic nitrogens is 1. The van der Waals surface area contributed by atoms with Gasteiger partial charge in [-0.05, 0) is 69.2 Å². The number of nitrogens with zero attached hydrogens (tertiary/aromatic N) is 2. The van der Waals surface area contributed by atoms with Crippen LogP contribution in [0.4, 0.5) is 0 Å². The van der Waals surface area contributed by atoms with Gasteiger partial charge in [-0.25, -0.2) is 19.4 Å². The lowest BCUT2D eigenvalue weighted by Gasteiger charge is -2.25. The molecule has 1 aromatic heterocycles. The van der Waals surface area contributed by atoms with Gasteiger partial charge < -0.3 is 28.4 Å². The molecule has 0 fully saturated rings. The maximum Gasteiger partial charge on any atom is 0.344 e. The average Bonchev–Trinajstić information content (AvgIpc) is 3.32. The number of carbonyl (C=O) groups is 3. The Hall–Kier alpha value is -4.91. The van der Waals surface area contributed by atoms with E-state index in [0.29, 0.717) is 50.0 Å². The molecule has 0 radical (unpaired) electrons. The number of ether oxygens (including phenoxy) is 6. The van der Waals surface area contributed by atoms with Crippen molar-refractivity contribution in [2.45, 2.75) is 33.7 Å². The van der Waals surface area contributed by atoms with E-state index < -0.39 is 23.9 Å². The lowest BCUT2D eigenvalue weighted by molar-refractivity contribution is -0.145. The van der Waals surface area contributed by atoms with E-state index >= 15 is 0 Å². The molecule has 0 aliphatic carbocycles. The second-order valence-electron chi connectivity index (χ2n) is 9.47. The third-order valence-electron chi connectivity index (χ3n) is 6.49. The van der Waals surface area contributed by atoms with Crippen LogP contribution in [-0.4, -0.2) is 62.6 Å². The highest BCUT2D eigenvalue weighted by Crippen LogP contribution is 2.36. The monoisotopic (exact) mass is 638 g/mol. The zero-order valence-electron chi connectivity index (χ0n) is 25.6. The molecule has 1 aliphatic rings. The van der Waals surface area contributed by atoms with Crippen molar-refractivity contribution in [3.8, 4) is 17.2 Å². The minimum atomic E-state index is -0.893. The SMILES string of the molecule is CCOC(=O)COc1cccc(/C=c2/sc3n(c2=O)[C@H](c2ccc(OCC(=O)OC)c(OCC)c2)C(C(=O)OCC)=C(C)N=3)c1. The van der Waals surface area contributed by atoms with E-state index in [1.165, 1.54) is 23.0 Å². The highest BCUT2D eigenvalue weighted by molar-refractivity contribution is 7.07. The number of allylic oxidation sites excluding steroid dienone is 1. The Morgan fingerprint density at radius 3 is 2.38 bits per heavy atom. The van der Waals surface area contributed by atoms with Gasteiger partial charge in [0.15, 0.2) is 29.5 Å². The second-order valence-corrected chi connectivity index (χ2v) is 10.5. The van der Waals surface area contributed by atoms with E-state index in [-0.39, 0.29) is 37.6 Å². The van der Waals surface area contributed by atoms with Gasteiger partial charge in [-0.3, -0.25) is 9.36 Å². The van der Waals surface area contributed by atoms with Crippen molar-refractivity contribution < 1.29 is 42.8 Å². The molecule has 4 rings (SSSR count). The molecule has 12 nitrogen and oxygen atoms in total. The fourth-order valence-corrected chi connectivity index (χ4v) is 5.62. The van der Waals surface area contributed by atoms with Gasteiger partial charge in [-0.2, -0.15) is 0 Å². The number of thiazole rings is 1. The minimum Gasteiger partial charge on any atom is -0.490 e. The summed E-state index contributed by atoms with van der Waals surface area (Å²) in [6.45, 7) is 7.01. The minimum absolute atomic E-state index is 0.131. The van der Waals surface area contributed by atoms with Crippen LogP contribution < -0.4 is 29.1 Å². The van der Waals surface area contributed by atoms with Crippen LogP contribution in [-0.2, 0) is 28.6 Å². The number of hydrogen-bond donors (Lipinski definition) is 0. The molecule has 1 atom stereocenters. The van der Waals surface area contributed by atoms with Crippen LogP contribution in [0.25, 0.3) is 6.08 Å². The molecule has 2 aromatic carbocycles. The van der Waals surface area contributed by atoms with E-state index in [4.69, 9.17) is 23.7 Å². The molecule has 0 bridgehead atoms. The van der Waals surface area contributed by atoms with Crippen molar-refractivity contribution in [3.05, 3.63) is 84.5 Å². The molecule has 0 spiro atoms. The molecule has 13 heteroatoms. The Bertz CT molecular complexity index is 1790. The summed E-state index contributed by atoms with van der Waals surface area (Å²) < 4.78 is 33.7. The highest BCUT2D eigenvalue weighted by Gasteiger charge is 2.34. The molecular weight excluding hydrogens is 604 g/mol. The van der Waals surface area contributed by atoms with Crippen molar-refractivity contribution >= 4 is 35.3 Å². The van der Waals surface area contributed by atoms with E-state index in [2.05, 4.69) is 9.73 Å². The number of fused-ring (bicyclic) bond motifs is 1. The number of benzene rings is 2. The summed E-state index contributed by atoms with van der Waals surface area (Å²) in [6.07, 6.45) is 1.69. The predicted octanol–water partition coefficient (Wildman–Crippen LogP) is 2.69. The Kier molecular flexibility index (Phi) is 11.1. The maximum atomic E-state index is 14.0. The normalized spacial score (nSPS) is 14.2. The molecule has 3 aromatic rings. The molecule has 0 saturated heterocycles. The largest absolute Gasteiger partial charge is 0.490 e. The van der Waals surface area contributed by atoms with Crippen molar-refractivity contribution in [1.29, 1.82) is 0 Å².